The molecule has 0 bridgehead atoms. The molecule has 0 spiro atoms. The van der Waals surface area contributed by atoms with Crippen molar-refractivity contribution in [2.75, 3.05) is 0 Å². The lowest BCUT2D eigenvalue weighted by atomic mass is 9.91. The summed E-state index contributed by atoms with van der Waals surface area (Å²) >= 11 is 0. The van der Waals surface area contributed by atoms with Crippen LogP contribution in [0.4, 0.5) is 13.2 Å². The zero-order valence-electron chi connectivity index (χ0n) is 13.4. The van der Waals surface area contributed by atoms with Crippen LogP contribution in [0.1, 0.15) is 24.0 Å². The highest BCUT2D eigenvalue weighted by molar-refractivity contribution is 5.81. The molecule has 1 aliphatic carbocycles. The maximum absolute atomic E-state index is 13.3. The number of fused-ring (bicyclic) bond motifs is 1. The molecule has 1 fully saturated rings. The molecule has 4 rings (SSSR count). The first-order valence-electron chi connectivity index (χ1n) is 7.97. The van der Waals surface area contributed by atoms with E-state index in [9.17, 15) is 18.0 Å². The number of hydrogen-bond acceptors (Lipinski definition) is 2. The molecule has 1 aromatic carbocycles. The molecule has 2 aromatic heterocycles. The summed E-state index contributed by atoms with van der Waals surface area (Å²) < 4.78 is 39.9. The van der Waals surface area contributed by atoms with Crippen LogP contribution >= 0.6 is 0 Å². The molecule has 0 saturated heterocycles. The fourth-order valence-corrected chi connectivity index (χ4v) is 3.36. The van der Waals surface area contributed by atoms with Gasteiger partial charge in [0.2, 0.25) is 0 Å². The first-order valence-corrected chi connectivity index (χ1v) is 7.97. The second-order valence-electron chi connectivity index (χ2n) is 6.58. The number of aryl methyl sites for hydroxylation is 1. The Labute approximate surface area is 141 Å². The lowest BCUT2D eigenvalue weighted by Crippen LogP contribution is -2.28. The van der Waals surface area contributed by atoms with E-state index in [2.05, 4.69) is 9.97 Å². The van der Waals surface area contributed by atoms with E-state index in [1.54, 1.807) is 31.3 Å². The van der Waals surface area contributed by atoms with Gasteiger partial charge in [0.05, 0.1) is 16.3 Å². The van der Waals surface area contributed by atoms with Crippen molar-refractivity contribution in [1.29, 1.82) is 0 Å². The second kappa shape index (κ2) is 5.18. The summed E-state index contributed by atoms with van der Waals surface area (Å²) in [5, 5.41) is 0.481. The highest BCUT2D eigenvalue weighted by Crippen LogP contribution is 2.59. The minimum Gasteiger partial charge on any atom is -0.354 e. The van der Waals surface area contributed by atoms with Crippen molar-refractivity contribution < 1.29 is 13.2 Å². The van der Waals surface area contributed by atoms with Crippen molar-refractivity contribution in [1.82, 2.24) is 9.97 Å². The highest BCUT2D eigenvalue weighted by Gasteiger charge is 2.64. The number of benzene rings is 1. The predicted octanol–water partition coefficient (Wildman–Crippen LogP) is 4.49. The summed E-state index contributed by atoms with van der Waals surface area (Å²) in [6.07, 6.45) is -0.887. The maximum atomic E-state index is 13.3. The summed E-state index contributed by atoms with van der Waals surface area (Å²) in [6.45, 7) is 1.76. The molecule has 6 heteroatoms. The second-order valence-corrected chi connectivity index (χ2v) is 6.58. The number of hydrogen-bond donors (Lipinski definition) is 1. The lowest BCUT2D eigenvalue weighted by Gasteiger charge is -2.21. The summed E-state index contributed by atoms with van der Waals surface area (Å²) in [7, 11) is 0. The molecule has 0 aliphatic heterocycles. The molecule has 0 amide bonds. The summed E-state index contributed by atoms with van der Waals surface area (Å²) in [5.41, 5.74) is 1.09. The molecule has 25 heavy (non-hydrogen) atoms. The van der Waals surface area contributed by atoms with Gasteiger partial charge in [-0.15, -0.1) is 0 Å². The average Bonchev–Trinajstić information content (AvgIpc) is 3.36. The van der Waals surface area contributed by atoms with Crippen LogP contribution in [0.25, 0.3) is 22.2 Å². The van der Waals surface area contributed by atoms with Gasteiger partial charge in [-0.1, -0.05) is 18.2 Å². The van der Waals surface area contributed by atoms with Gasteiger partial charge in [-0.05, 0) is 37.0 Å². The minimum absolute atomic E-state index is 0.134. The van der Waals surface area contributed by atoms with Gasteiger partial charge in [-0.2, -0.15) is 13.2 Å². The van der Waals surface area contributed by atoms with Gasteiger partial charge in [0.1, 0.15) is 0 Å². The summed E-state index contributed by atoms with van der Waals surface area (Å²) in [6, 6.07) is 7.94. The smallest absolute Gasteiger partial charge is 0.354 e. The molecule has 3 nitrogen and oxygen atoms in total. The zero-order valence-corrected chi connectivity index (χ0v) is 13.4. The first-order chi connectivity index (χ1) is 11.8. The average molecular weight is 344 g/mol. The van der Waals surface area contributed by atoms with Crippen LogP contribution in [0.5, 0.6) is 0 Å². The van der Waals surface area contributed by atoms with Crippen LogP contribution in [0, 0.1) is 6.92 Å². The standard InChI is InChI=1S/C19H15F3N2O/c1-11-8-12(18(5-6-18)19(20,21)22)2-3-13(11)16-9-17(25)14-10-23-7-4-15(14)24-16/h2-4,7-10H,5-6H2,1H3,(H,24,25). The van der Waals surface area contributed by atoms with Gasteiger partial charge in [0, 0.05) is 29.7 Å². The van der Waals surface area contributed by atoms with Gasteiger partial charge in [0.15, 0.2) is 5.43 Å². The van der Waals surface area contributed by atoms with E-state index in [-0.39, 0.29) is 18.3 Å². The van der Waals surface area contributed by atoms with Crippen LogP contribution in [0.2, 0.25) is 0 Å². The SMILES string of the molecule is Cc1cc(C2(C(F)(F)F)CC2)ccc1-c1cc(=O)c2cnccc2[nH]1. The molecule has 0 radical (unpaired) electrons. The molecular weight excluding hydrogens is 329 g/mol. The molecule has 128 valence electrons. The number of pyridine rings is 2. The number of nitrogens with one attached hydrogen (secondary N) is 1. The quantitative estimate of drug-likeness (QED) is 0.744. The summed E-state index contributed by atoms with van der Waals surface area (Å²) in [4.78, 5) is 19.3. The normalized spacial score (nSPS) is 16.2. The van der Waals surface area contributed by atoms with Gasteiger partial charge in [-0.3, -0.25) is 9.78 Å². The fourth-order valence-electron chi connectivity index (χ4n) is 3.36. The number of halogens is 3. The van der Waals surface area contributed by atoms with E-state index < -0.39 is 11.6 Å². The van der Waals surface area contributed by atoms with Crippen LogP contribution in [0.3, 0.4) is 0 Å². The monoisotopic (exact) mass is 344 g/mol. The zero-order chi connectivity index (χ0) is 17.8. The van der Waals surface area contributed by atoms with E-state index >= 15 is 0 Å². The molecule has 0 unspecified atom stereocenters. The third-order valence-corrected chi connectivity index (χ3v) is 4.99. The Morgan fingerprint density at radius 2 is 1.92 bits per heavy atom. The van der Waals surface area contributed by atoms with Crippen molar-refractivity contribution in [3.05, 3.63) is 64.1 Å². The largest absolute Gasteiger partial charge is 0.398 e. The van der Waals surface area contributed by atoms with Gasteiger partial charge >= 0.3 is 6.18 Å². The number of aromatic nitrogens is 2. The fraction of sp³-hybridized carbons (Fsp3) is 0.263. The van der Waals surface area contributed by atoms with Gasteiger partial charge in [-0.25, -0.2) is 0 Å². The first kappa shape index (κ1) is 15.9. The summed E-state index contributed by atoms with van der Waals surface area (Å²) in [5.74, 6) is 0. The van der Waals surface area contributed by atoms with Crippen molar-refractivity contribution in [3.8, 4) is 11.3 Å². The van der Waals surface area contributed by atoms with Crippen LogP contribution in [0.15, 0.2) is 47.5 Å². The Hall–Kier alpha value is -2.63. The number of aromatic amines is 1. The van der Waals surface area contributed by atoms with Crippen molar-refractivity contribution in [2.24, 2.45) is 0 Å². The minimum atomic E-state index is -4.23. The Morgan fingerprint density at radius 1 is 1.16 bits per heavy atom. The van der Waals surface area contributed by atoms with E-state index in [0.29, 0.717) is 27.7 Å². The van der Waals surface area contributed by atoms with Gasteiger partial charge < -0.3 is 4.98 Å². The molecule has 1 saturated carbocycles. The molecule has 3 aromatic rings. The maximum Gasteiger partial charge on any atom is 0.398 e. The Kier molecular flexibility index (Phi) is 3.29. The molecule has 0 atom stereocenters. The Balaban J connectivity index is 1.82. The van der Waals surface area contributed by atoms with Crippen molar-refractivity contribution in [2.45, 2.75) is 31.4 Å². The van der Waals surface area contributed by atoms with E-state index in [4.69, 9.17) is 0 Å². The van der Waals surface area contributed by atoms with Crippen molar-refractivity contribution >= 4 is 10.9 Å². The Morgan fingerprint density at radius 3 is 2.56 bits per heavy atom. The van der Waals surface area contributed by atoms with Gasteiger partial charge in [0.25, 0.3) is 0 Å². The predicted molar refractivity (Wildman–Crippen MR) is 89.5 cm³/mol. The van der Waals surface area contributed by atoms with E-state index in [1.807, 2.05) is 0 Å². The third-order valence-electron chi connectivity index (χ3n) is 4.99. The highest BCUT2D eigenvalue weighted by atomic mass is 19.4. The number of H-pyrrole nitrogens is 1. The Bertz CT molecular complexity index is 1030. The lowest BCUT2D eigenvalue weighted by molar-refractivity contribution is -0.160. The number of rotatable bonds is 2. The molecule has 1 aliphatic rings. The topological polar surface area (TPSA) is 45.8 Å². The van der Waals surface area contributed by atoms with Crippen LogP contribution in [-0.4, -0.2) is 16.1 Å². The van der Waals surface area contributed by atoms with Crippen molar-refractivity contribution in [3.63, 3.8) is 0 Å². The third kappa shape index (κ3) is 2.44. The van der Waals surface area contributed by atoms with Crippen LogP contribution < -0.4 is 5.43 Å². The van der Waals surface area contributed by atoms with E-state index in [0.717, 1.165) is 5.56 Å². The van der Waals surface area contributed by atoms with Crippen LogP contribution in [-0.2, 0) is 5.41 Å². The number of nitrogens with zero attached hydrogens (tertiary/aromatic N) is 1. The molecular formula is C19H15F3N2O. The van der Waals surface area contributed by atoms with E-state index in [1.165, 1.54) is 18.3 Å². The molecule has 2 heterocycles. The number of alkyl halides is 3. The molecule has 1 N–H and O–H groups in total.